The second-order valence-corrected chi connectivity index (χ2v) is 21.8. The van der Waals surface area contributed by atoms with Crippen LogP contribution >= 0.6 is 0 Å². The Hall–Kier alpha value is -7.40. The Morgan fingerprint density at radius 2 is 1.14 bits per heavy atom. The third-order valence-electron chi connectivity index (χ3n) is 12.8. The van der Waals surface area contributed by atoms with Crippen molar-refractivity contribution in [3.05, 3.63) is 117 Å². The predicted octanol–water partition coefficient (Wildman–Crippen LogP) is 8.83. The fraction of sp³-hybridized carbons (Fsp3) is 0.448. The molecule has 79 heavy (non-hydrogen) atoms. The Labute approximate surface area is 470 Å². The summed E-state index contributed by atoms with van der Waals surface area (Å²) in [5.74, 6) is 1.90. The first-order valence-electron chi connectivity index (χ1n) is 26.1. The molecule has 3 fully saturated rings. The molecule has 6 aromatic heterocycles. The van der Waals surface area contributed by atoms with Crippen molar-refractivity contribution < 1.29 is 66.0 Å². The van der Waals surface area contributed by atoms with E-state index in [1.54, 1.807) is 37.3 Å². The van der Waals surface area contributed by atoms with Crippen molar-refractivity contribution in [2.75, 3.05) is 13.7 Å². The number of aromatic nitrogens is 10. The van der Waals surface area contributed by atoms with E-state index in [9.17, 15) is 19.2 Å². The fourth-order valence-electron chi connectivity index (χ4n) is 8.87. The van der Waals surface area contributed by atoms with E-state index in [1.165, 1.54) is 29.1 Å². The number of methoxy groups -OCH3 is 1. The van der Waals surface area contributed by atoms with Crippen LogP contribution in [-0.2, 0) is 18.9 Å². The van der Waals surface area contributed by atoms with Crippen LogP contribution in [0, 0.1) is 47.7 Å². The normalized spacial score (nSPS) is 14.9. The first-order valence-corrected chi connectivity index (χ1v) is 26.1. The van der Waals surface area contributed by atoms with Gasteiger partial charge in [-0.2, -0.15) is 16.3 Å². The van der Waals surface area contributed by atoms with Crippen molar-refractivity contribution in [1.29, 1.82) is 0 Å². The van der Waals surface area contributed by atoms with Crippen LogP contribution in [0.5, 0.6) is 0 Å². The molecule has 7 heterocycles. The van der Waals surface area contributed by atoms with Gasteiger partial charge in [0.05, 0.1) is 52.5 Å². The van der Waals surface area contributed by atoms with Gasteiger partial charge in [-0.1, -0.05) is 10.3 Å². The number of rotatable bonds is 7. The number of carbonyl (C=O) groups is 4. The SMILES string of the molecule is CC1CCCO1.COC(=O)c1cc(-c2c(C)noc2C)cc2c1nc(C1CC1)n2C(=O)OC(C)(C)C.Cc1cc[c-]nn1.Cc1ccc(C(=O)c2cc(-c3c(C)noc3C)cc3c2nc(C2CC2)n3C(=O)OC(C)(C)C)nn1.[Li+]. The zero-order valence-electron chi connectivity index (χ0n) is 47.9. The topological polar surface area (TPSA) is 244 Å². The Bertz CT molecular complexity index is 3460. The van der Waals surface area contributed by atoms with Gasteiger partial charge >= 0.3 is 37.0 Å². The molecular formula is C58H67LiN10O10. The number of ether oxygens (including phenoxy) is 4. The zero-order chi connectivity index (χ0) is 56.4. The Morgan fingerprint density at radius 3 is 1.48 bits per heavy atom. The fourth-order valence-corrected chi connectivity index (χ4v) is 8.87. The van der Waals surface area contributed by atoms with Crippen LogP contribution in [-0.4, -0.2) is 105 Å². The van der Waals surface area contributed by atoms with Crippen LogP contribution in [0.15, 0.2) is 57.6 Å². The monoisotopic (exact) mass is 1070 g/mol. The van der Waals surface area contributed by atoms with Crippen LogP contribution in [0.3, 0.4) is 0 Å². The summed E-state index contributed by atoms with van der Waals surface area (Å²) in [7, 11) is 1.32. The summed E-state index contributed by atoms with van der Waals surface area (Å²) in [5, 5.41) is 23.4. The van der Waals surface area contributed by atoms with Crippen LogP contribution in [0.1, 0.15) is 171 Å². The minimum atomic E-state index is -0.691. The molecule has 0 spiro atoms. The second kappa shape index (κ2) is 24.3. The number of ketones is 1. The zero-order valence-corrected chi connectivity index (χ0v) is 47.9. The number of carbonyl (C=O) groups excluding carboxylic acids is 4. The second-order valence-electron chi connectivity index (χ2n) is 21.8. The van der Waals surface area contributed by atoms with Gasteiger partial charge in [0, 0.05) is 29.6 Å². The number of hydrogen-bond acceptors (Lipinski definition) is 18. The van der Waals surface area contributed by atoms with Crippen LogP contribution in [0.4, 0.5) is 9.59 Å². The van der Waals surface area contributed by atoms with Gasteiger partial charge in [0.1, 0.15) is 51.1 Å². The van der Waals surface area contributed by atoms with E-state index in [2.05, 4.69) is 48.8 Å². The Morgan fingerprint density at radius 1 is 0.646 bits per heavy atom. The largest absolute Gasteiger partial charge is 1.00 e. The molecule has 0 radical (unpaired) electrons. The molecule has 2 aromatic carbocycles. The smallest absolute Gasteiger partial charge is 0.465 e. The maximum atomic E-state index is 13.7. The molecule has 11 rings (SSSR count). The Kier molecular flexibility index (Phi) is 18.2. The third kappa shape index (κ3) is 14.1. The van der Waals surface area contributed by atoms with E-state index in [1.807, 2.05) is 94.4 Å². The van der Waals surface area contributed by atoms with Crippen molar-refractivity contribution >= 4 is 46.0 Å². The van der Waals surface area contributed by atoms with Crippen molar-refractivity contribution in [1.82, 2.24) is 49.8 Å². The standard InChI is InChI=1S/C26H27N5O4.C22H25N3O5.C5H5N2.C5H10O.Li/c1-13-7-10-19(29-28-13)23(32)18-11-17(21-14(2)30-35-15(21)3)12-20-22(18)27-24(16-8-9-16)31(20)25(33)34-26(4,5)6;1-11-17(12(2)30-24-11)14-9-15(20(26)28-6)18-16(10-14)25(19(23-18)13-7-8-13)21(27)29-22(3,4)5;1-5-3-2-4-6-7-5;1-5-3-2-4-6-5;/h7,10-12,16H,8-9H2,1-6H3;9-10,13H,7-8H2,1-6H3;2-3H,1H3;5H,2-4H2,1H3;/q;;-1;;+1. The van der Waals surface area contributed by atoms with E-state index >= 15 is 0 Å². The molecule has 410 valence electrons. The molecule has 1 aliphatic heterocycles. The number of esters is 1. The van der Waals surface area contributed by atoms with E-state index in [-0.39, 0.29) is 47.7 Å². The number of hydrogen-bond donors (Lipinski definition) is 0. The number of fused-ring (bicyclic) bond motifs is 2. The summed E-state index contributed by atoms with van der Waals surface area (Å²) in [6, 6.07) is 14.1. The summed E-state index contributed by atoms with van der Waals surface area (Å²) in [6.45, 7) is 25.0. The molecule has 0 amide bonds. The first kappa shape index (κ1) is 59.3. The van der Waals surface area contributed by atoms with Crippen molar-refractivity contribution in [2.24, 2.45) is 0 Å². The molecular weight excluding hydrogens is 1000 g/mol. The van der Waals surface area contributed by atoms with E-state index in [0.29, 0.717) is 85.1 Å². The quantitative estimate of drug-likeness (QED) is 0.0475. The summed E-state index contributed by atoms with van der Waals surface area (Å²) in [6.07, 6.45) is 8.34. The summed E-state index contributed by atoms with van der Waals surface area (Å²) >= 11 is 0. The van der Waals surface area contributed by atoms with Crippen LogP contribution in [0.2, 0.25) is 0 Å². The average Bonchev–Trinajstić information content (AvgIpc) is 4.28. The van der Waals surface area contributed by atoms with Crippen LogP contribution < -0.4 is 18.9 Å². The molecule has 20 nitrogen and oxygen atoms in total. The average molecular weight is 1070 g/mol. The molecule has 2 saturated carbocycles. The molecule has 1 unspecified atom stereocenters. The Balaban J connectivity index is 0.000000185. The summed E-state index contributed by atoms with van der Waals surface area (Å²) < 4.78 is 35.2. The molecule has 21 heteroatoms. The van der Waals surface area contributed by atoms with Gasteiger partial charge in [0.25, 0.3) is 0 Å². The van der Waals surface area contributed by atoms with Gasteiger partial charge in [0.15, 0.2) is 0 Å². The molecule has 0 bridgehead atoms. The van der Waals surface area contributed by atoms with Crippen molar-refractivity contribution in [3.63, 3.8) is 0 Å². The van der Waals surface area contributed by atoms with Gasteiger partial charge in [-0.15, -0.1) is 11.3 Å². The van der Waals surface area contributed by atoms with Gasteiger partial charge < -0.3 is 28.0 Å². The minimum Gasteiger partial charge on any atom is -0.465 e. The number of aryl methyl sites for hydroxylation is 6. The minimum absolute atomic E-state index is 0. The summed E-state index contributed by atoms with van der Waals surface area (Å²) in [5.41, 5.74) is 7.26. The number of imidazole rings is 2. The van der Waals surface area contributed by atoms with Crippen LogP contribution in [0.25, 0.3) is 44.3 Å². The van der Waals surface area contributed by atoms with Gasteiger partial charge in [0.2, 0.25) is 5.78 Å². The maximum absolute atomic E-state index is 13.7. The van der Waals surface area contributed by atoms with Crippen molar-refractivity contribution in [3.8, 4) is 22.3 Å². The first-order chi connectivity index (χ1) is 36.9. The summed E-state index contributed by atoms with van der Waals surface area (Å²) in [4.78, 5) is 62.2. The van der Waals surface area contributed by atoms with E-state index < -0.39 is 29.4 Å². The van der Waals surface area contributed by atoms with E-state index in [0.717, 1.165) is 49.1 Å². The molecule has 2 aliphatic carbocycles. The van der Waals surface area contributed by atoms with Gasteiger partial charge in [-0.25, -0.2) is 39.6 Å². The van der Waals surface area contributed by atoms with Gasteiger partial charge in [-0.3, -0.25) is 9.89 Å². The molecule has 1 atom stereocenters. The maximum Gasteiger partial charge on any atom is 1.00 e. The molecule has 0 N–H and O–H groups in total. The van der Waals surface area contributed by atoms with Crippen molar-refractivity contribution in [2.45, 2.75) is 158 Å². The molecule has 8 aromatic rings. The van der Waals surface area contributed by atoms with Gasteiger partial charge in [-0.05, 0) is 182 Å². The predicted molar refractivity (Wildman–Crippen MR) is 288 cm³/mol. The molecule has 1 saturated heterocycles. The molecule has 3 aliphatic rings. The third-order valence-corrected chi connectivity index (χ3v) is 12.8. The number of benzene rings is 2. The van der Waals surface area contributed by atoms with E-state index in [4.69, 9.17) is 33.0 Å². The number of nitrogens with zero attached hydrogens (tertiary/aromatic N) is 10.